The number of nitrogens with zero attached hydrogens (tertiary/aromatic N) is 3. The van der Waals surface area contributed by atoms with E-state index in [0.717, 1.165) is 48.6 Å². The van der Waals surface area contributed by atoms with E-state index in [9.17, 15) is 4.79 Å². The lowest BCUT2D eigenvalue weighted by Crippen LogP contribution is -2.31. The number of rotatable bonds is 6. The minimum Gasteiger partial charge on any atom is -0.325 e. The molecule has 3 aromatic rings. The Labute approximate surface area is 170 Å². The number of carbonyl (C=O) groups excluding carboxylic acids is 1. The van der Waals surface area contributed by atoms with Gasteiger partial charge in [0.05, 0.1) is 11.0 Å². The van der Waals surface area contributed by atoms with E-state index in [0.29, 0.717) is 0 Å². The van der Waals surface area contributed by atoms with E-state index in [2.05, 4.69) is 34.3 Å². The molecule has 4 rings (SSSR count). The molecule has 1 aliphatic rings. The number of amides is 1. The van der Waals surface area contributed by atoms with Gasteiger partial charge >= 0.3 is 0 Å². The van der Waals surface area contributed by atoms with E-state index in [1.165, 1.54) is 17.1 Å². The number of benzene rings is 2. The number of aromatic nitrogens is 2. The molecule has 0 radical (unpaired) electrons. The first kappa shape index (κ1) is 19.0. The number of nitrogens with one attached hydrogen (secondary N) is 1. The first-order chi connectivity index (χ1) is 13.7. The van der Waals surface area contributed by atoms with Crippen molar-refractivity contribution >= 4 is 34.4 Å². The average molecular weight is 395 g/mol. The Bertz CT molecular complexity index is 962. The lowest BCUT2D eigenvalue weighted by Gasteiger charge is -2.26. The van der Waals surface area contributed by atoms with Crippen LogP contribution in [0, 0.1) is 0 Å². The molecule has 0 saturated carbocycles. The van der Waals surface area contributed by atoms with Crippen LogP contribution in [0.25, 0.3) is 11.0 Å². The second kappa shape index (κ2) is 8.80. The Morgan fingerprint density at radius 3 is 2.79 bits per heavy atom. The molecule has 2 heterocycles. The molecule has 0 spiro atoms. The van der Waals surface area contributed by atoms with Crippen LogP contribution in [0.1, 0.15) is 18.3 Å². The molecule has 146 valence electrons. The van der Waals surface area contributed by atoms with Crippen molar-refractivity contribution in [3.05, 3.63) is 59.9 Å². The van der Waals surface area contributed by atoms with Gasteiger partial charge in [0, 0.05) is 43.2 Å². The van der Waals surface area contributed by atoms with Gasteiger partial charge in [0.15, 0.2) is 0 Å². The lowest BCUT2D eigenvalue weighted by molar-refractivity contribution is -0.116. The molecular weight excluding hydrogens is 368 g/mol. The quantitative estimate of drug-likeness (QED) is 0.691. The predicted molar refractivity (Wildman–Crippen MR) is 117 cm³/mol. The zero-order valence-electron chi connectivity index (χ0n) is 16.2. The highest BCUT2D eigenvalue weighted by molar-refractivity contribution is 7.99. The van der Waals surface area contributed by atoms with Crippen molar-refractivity contribution in [1.82, 2.24) is 14.5 Å². The summed E-state index contributed by atoms with van der Waals surface area (Å²) in [6, 6.07) is 16.2. The van der Waals surface area contributed by atoms with E-state index < -0.39 is 0 Å². The van der Waals surface area contributed by atoms with Crippen molar-refractivity contribution < 1.29 is 4.79 Å². The molecule has 1 aliphatic heterocycles. The van der Waals surface area contributed by atoms with Gasteiger partial charge in [0.25, 0.3) is 0 Å². The predicted octanol–water partition coefficient (Wildman–Crippen LogP) is 3.79. The van der Waals surface area contributed by atoms with Crippen LogP contribution in [0.5, 0.6) is 0 Å². The van der Waals surface area contributed by atoms with Crippen LogP contribution in [-0.4, -0.2) is 45.0 Å². The third-order valence-corrected chi connectivity index (χ3v) is 6.01. The van der Waals surface area contributed by atoms with Gasteiger partial charge in [-0.1, -0.05) is 31.2 Å². The van der Waals surface area contributed by atoms with Crippen LogP contribution in [0.3, 0.4) is 0 Å². The molecule has 1 fully saturated rings. The monoisotopic (exact) mass is 394 g/mol. The summed E-state index contributed by atoms with van der Waals surface area (Å²) in [6.07, 6.45) is 0.797. The van der Waals surface area contributed by atoms with Crippen LogP contribution < -0.4 is 5.32 Å². The van der Waals surface area contributed by atoms with Crippen LogP contribution in [0.2, 0.25) is 0 Å². The van der Waals surface area contributed by atoms with Crippen molar-refractivity contribution in [2.24, 2.45) is 0 Å². The van der Waals surface area contributed by atoms with E-state index in [4.69, 9.17) is 0 Å². The van der Waals surface area contributed by atoms with Gasteiger partial charge < -0.3 is 9.88 Å². The number of imidazole rings is 1. The average Bonchev–Trinajstić information content (AvgIpc) is 3.06. The molecule has 0 bridgehead atoms. The summed E-state index contributed by atoms with van der Waals surface area (Å²) in [5.41, 5.74) is 4.04. The molecule has 6 heteroatoms. The molecule has 1 aromatic heterocycles. The summed E-state index contributed by atoms with van der Waals surface area (Å²) in [6.45, 7) is 5.55. The fourth-order valence-corrected chi connectivity index (χ4v) is 4.66. The summed E-state index contributed by atoms with van der Waals surface area (Å²) in [4.78, 5) is 19.8. The Balaban J connectivity index is 1.45. The van der Waals surface area contributed by atoms with E-state index >= 15 is 0 Å². The normalized spacial score (nSPS) is 15.0. The third kappa shape index (κ3) is 4.39. The van der Waals surface area contributed by atoms with Crippen LogP contribution >= 0.6 is 11.8 Å². The van der Waals surface area contributed by atoms with E-state index in [1.54, 1.807) is 0 Å². The van der Waals surface area contributed by atoms with Gasteiger partial charge in [-0.3, -0.25) is 9.69 Å². The number of aryl methyl sites for hydroxylation is 1. The number of anilines is 1. The second-order valence-electron chi connectivity index (χ2n) is 7.09. The highest BCUT2D eigenvalue weighted by atomic mass is 32.2. The molecule has 5 nitrogen and oxygen atoms in total. The first-order valence-corrected chi connectivity index (χ1v) is 11.0. The highest BCUT2D eigenvalue weighted by Gasteiger charge is 2.14. The fraction of sp³-hybridized carbons (Fsp3) is 0.364. The smallest absolute Gasteiger partial charge is 0.244 e. The molecule has 1 amide bonds. The molecule has 28 heavy (non-hydrogen) atoms. The molecule has 1 N–H and O–H groups in total. The van der Waals surface area contributed by atoms with Crippen molar-refractivity contribution in [2.45, 2.75) is 26.4 Å². The minimum atomic E-state index is -0.0237. The zero-order valence-corrected chi connectivity index (χ0v) is 17.0. The highest BCUT2D eigenvalue weighted by Crippen LogP contribution is 2.18. The zero-order chi connectivity index (χ0) is 19.3. The van der Waals surface area contributed by atoms with Crippen LogP contribution in [0.4, 0.5) is 5.69 Å². The van der Waals surface area contributed by atoms with Crippen molar-refractivity contribution in [1.29, 1.82) is 0 Å². The summed E-state index contributed by atoms with van der Waals surface area (Å²) < 4.78 is 2.01. The largest absolute Gasteiger partial charge is 0.325 e. The molecule has 0 atom stereocenters. The Kier molecular flexibility index (Phi) is 5.98. The second-order valence-corrected chi connectivity index (χ2v) is 8.32. The molecule has 0 unspecified atom stereocenters. The fourth-order valence-electron chi connectivity index (χ4n) is 3.68. The number of carbonyl (C=O) groups is 1. The molecule has 1 saturated heterocycles. The summed E-state index contributed by atoms with van der Waals surface area (Å²) >= 11 is 2.02. The maximum Gasteiger partial charge on any atom is 0.244 e. The Morgan fingerprint density at radius 2 is 1.96 bits per heavy atom. The van der Waals surface area contributed by atoms with Gasteiger partial charge in [-0.15, -0.1) is 0 Å². The summed E-state index contributed by atoms with van der Waals surface area (Å²) in [7, 11) is 0. The standard InChI is InChI=1S/C22H26N4OS/c1-2-21-24-19-8-3-4-9-20(19)26(21)16-22(27)23-18-7-5-6-17(14-18)15-25-10-12-28-13-11-25/h3-9,14H,2,10-13,15-16H2,1H3,(H,23,27). The molecular formula is C22H26N4OS. The number of hydrogen-bond donors (Lipinski definition) is 1. The van der Waals surface area contributed by atoms with Gasteiger partial charge in [-0.05, 0) is 29.8 Å². The molecule has 0 aliphatic carbocycles. The van der Waals surface area contributed by atoms with Crippen molar-refractivity contribution in [2.75, 3.05) is 29.9 Å². The van der Waals surface area contributed by atoms with Gasteiger partial charge in [0.2, 0.25) is 5.91 Å². The van der Waals surface area contributed by atoms with Gasteiger partial charge in [-0.2, -0.15) is 11.8 Å². The van der Waals surface area contributed by atoms with Crippen LogP contribution in [0.15, 0.2) is 48.5 Å². The minimum absolute atomic E-state index is 0.0237. The summed E-state index contributed by atoms with van der Waals surface area (Å²) in [5.74, 6) is 3.32. The SMILES string of the molecule is CCc1nc2ccccc2n1CC(=O)Nc1cccc(CN2CCSCC2)c1. The third-order valence-electron chi connectivity index (χ3n) is 5.07. The number of fused-ring (bicyclic) bond motifs is 1. The number of para-hydroxylation sites is 2. The van der Waals surface area contributed by atoms with Crippen molar-refractivity contribution in [3.8, 4) is 0 Å². The van der Waals surface area contributed by atoms with Crippen molar-refractivity contribution in [3.63, 3.8) is 0 Å². The maximum absolute atomic E-state index is 12.7. The summed E-state index contributed by atoms with van der Waals surface area (Å²) in [5, 5.41) is 3.06. The topological polar surface area (TPSA) is 50.2 Å². The van der Waals surface area contributed by atoms with Crippen LogP contribution in [-0.2, 0) is 24.3 Å². The van der Waals surface area contributed by atoms with E-state index in [1.807, 2.05) is 52.7 Å². The van der Waals surface area contributed by atoms with E-state index in [-0.39, 0.29) is 12.5 Å². The van der Waals surface area contributed by atoms with Gasteiger partial charge in [0.1, 0.15) is 12.4 Å². The van der Waals surface area contributed by atoms with Gasteiger partial charge in [-0.25, -0.2) is 4.98 Å². The lowest BCUT2D eigenvalue weighted by atomic mass is 10.2. The molecule has 2 aromatic carbocycles. The number of thioether (sulfide) groups is 1. The number of hydrogen-bond acceptors (Lipinski definition) is 4. The Hall–Kier alpha value is -2.31. The maximum atomic E-state index is 12.7. The first-order valence-electron chi connectivity index (χ1n) is 9.86. The Morgan fingerprint density at radius 1 is 1.14 bits per heavy atom.